The summed E-state index contributed by atoms with van der Waals surface area (Å²) in [4.78, 5) is 30.9. The van der Waals surface area contributed by atoms with Crippen LogP contribution in [0.5, 0.6) is 0 Å². The number of likely N-dealkylation sites (N-methyl/N-ethyl adjacent to an activating group) is 1. The zero-order valence-corrected chi connectivity index (χ0v) is 14.4. The zero-order valence-electron chi connectivity index (χ0n) is 14.4. The van der Waals surface area contributed by atoms with Crippen LogP contribution in [0.3, 0.4) is 0 Å². The number of nitrogens with zero attached hydrogens (tertiary/aromatic N) is 3. The number of ether oxygens (including phenoxy) is 1. The summed E-state index contributed by atoms with van der Waals surface area (Å²) in [6.07, 6.45) is 5.17. The Morgan fingerprint density at radius 2 is 1.70 bits per heavy atom. The lowest BCUT2D eigenvalue weighted by atomic mass is 10.1. The van der Waals surface area contributed by atoms with Crippen molar-refractivity contribution in [3.63, 3.8) is 0 Å². The highest BCUT2D eigenvalue weighted by Crippen LogP contribution is 2.27. The molecular weight excluding hydrogens is 294 g/mol. The molecule has 0 radical (unpaired) electrons. The van der Waals surface area contributed by atoms with E-state index < -0.39 is 12.2 Å². The molecule has 0 saturated carbocycles. The molecule has 3 rings (SSSR count). The van der Waals surface area contributed by atoms with Gasteiger partial charge in [0.15, 0.2) is 0 Å². The van der Waals surface area contributed by atoms with Crippen LogP contribution < -0.4 is 0 Å². The average Bonchev–Trinajstić information content (AvgIpc) is 3.27. The predicted molar refractivity (Wildman–Crippen MR) is 87.0 cm³/mol. The lowest BCUT2D eigenvalue weighted by Gasteiger charge is -2.30. The van der Waals surface area contributed by atoms with Gasteiger partial charge in [-0.15, -0.1) is 0 Å². The van der Waals surface area contributed by atoms with Crippen LogP contribution in [0, 0.1) is 0 Å². The minimum absolute atomic E-state index is 0.0321. The van der Waals surface area contributed by atoms with Crippen molar-refractivity contribution >= 4 is 11.8 Å². The van der Waals surface area contributed by atoms with Gasteiger partial charge >= 0.3 is 0 Å². The molecule has 6 heteroatoms. The maximum absolute atomic E-state index is 12.8. The molecule has 3 saturated heterocycles. The van der Waals surface area contributed by atoms with Crippen molar-refractivity contribution in [2.75, 3.05) is 40.3 Å². The van der Waals surface area contributed by atoms with Crippen LogP contribution in [0.25, 0.3) is 0 Å². The fourth-order valence-electron chi connectivity index (χ4n) is 4.05. The van der Waals surface area contributed by atoms with E-state index >= 15 is 0 Å². The third-order valence-corrected chi connectivity index (χ3v) is 5.34. The second-order valence-electron chi connectivity index (χ2n) is 7.26. The van der Waals surface area contributed by atoms with Gasteiger partial charge in [-0.3, -0.25) is 9.59 Å². The van der Waals surface area contributed by atoms with E-state index in [4.69, 9.17) is 4.74 Å². The normalized spacial score (nSPS) is 31.7. The number of likely N-dealkylation sites (tertiary alicyclic amines) is 2. The third-order valence-electron chi connectivity index (χ3n) is 5.34. The second-order valence-corrected chi connectivity index (χ2v) is 7.26. The Kier molecular flexibility index (Phi) is 5.21. The Morgan fingerprint density at radius 1 is 1.00 bits per heavy atom. The van der Waals surface area contributed by atoms with Crippen LogP contribution in [-0.2, 0) is 14.3 Å². The van der Waals surface area contributed by atoms with Crippen LogP contribution in [-0.4, -0.2) is 85.0 Å². The van der Waals surface area contributed by atoms with E-state index in [9.17, 15) is 9.59 Å². The molecule has 0 aromatic rings. The van der Waals surface area contributed by atoms with Gasteiger partial charge in [-0.05, 0) is 51.6 Å². The molecule has 0 aromatic heterocycles. The molecule has 1 unspecified atom stereocenters. The molecule has 0 bridgehead atoms. The minimum Gasteiger partial charge on any atom is -0.355 e. The summed E-state index contributed by atoms with van der Waals surface area (Å²) in [6.45, 7) is 4.16. The van der Waals surface area contributed by atoms with E-state index in [0.717, 1.165) is 39.0 Å². The van der Waals surface area contributed by atoms with Crippen LogP contribution in [0.15, 0.2) is 0 Å². The Morgan fingerprint density at radius 3 is 2.39 bits per heavy atom. The standard InChI is InChI=1S/C17H29N3O3/c1-18(2)16(21)14-7-8-15(23-14)17(22)20-11-5-6-13(20)12-19-9-3-4-10-19/h13-15H,3-12H2,1-2H3/t13?,14-,15+/m1/s1. The van der Waals surface area contributed by atoms with E-state index in [1.54, 1.807) is 19.0 Å². The van der Waals surface area contributed by atoms with Crippen molar-refractivity contribution in [2.24, 2.45) is 0 Å². The highest BCUT2D eigenvalue weighted by atomic mass is 16.5. The van der Waals surface area contributed by atoms with Crippen LogP contribution >= 0.6 is 0 Å². The van der Waals surface area contributed by atoms with Crippen molar-refractivity contribution in [3.8, 4) is 0 Å². The van der Waals surface area contributed by atoms with E-state index in [2.05, 4.69) is 4.90 Å². The molecule has 6 nitrogen and oxygen atoms in total. The molecule has 3 fully saturated rings. The molecule has 130 valence electrons. The van der Waals surface area contributed by atoms with Crippen LogP contribution in [0.4, 0.5) is 0 Å². The molecule has 0 aromatic carbocycles. The Hall–Kier alpha value is -1.14. The molecule has 0 spiro atoms. The first-order valence-electron chi connectivity index (χ1n) is 8.95. The van der Waals surface area contributed by atoms with Gasteiger partial charge in [0.25, 0.3) is 11.8 Å². The fraction of sp³-hybridized carbons (Fsp3) is 0.882. The van der Waals surface area contributed by atoms with Gasteiger partial charge in [-0.1, -0.05) is 0 Å². The van der Waals surface area contributed by atoms with Crippen LogP contribution in [0.2, 0.25) is 0 Å². The summed E-state index contributed by atoms with van der Waals surface area (Å²) in [7, 11) is 3.46. The van der Waals surface area contributed by atoms with E-state index in [1.807, 2.05) is 4.90 Å². The van der Waals surface area contributed by atoms with Gasteiger partial charge in [0, 0.05) is 33.2 Å². The van der Waals surface area contributed by atoms with Crippen molar-refractivity contribution in [3.05, 3.63) is 0 Å². The first-order chi connectivity index (χ1) is 11.1. The summed E-state index contributed by atoms with van der Waals surface area (Å²) in [6, 6.07) is 0.327. The summed E-state index contributed by atoms with van der Waals surface area (Å²) in [5, 5.41) is 0. The lowest BCUT2D eigenvalue weighted by Crippen LogP contribution is -2.47. The van der Waals surface area contributed by atoms with Gasteiger partial charge in [-0.25, -0.2) is 0 Å². The summed E-state index contributed by atoms with van der Waals surface area (Å²) in [5.41, 5.74) is 0. The second kappa shape index (κ2) is 7.18. The van der Waals surface area contributed by atoms with Crippen molar-refractivity contribution in [1.82, 2.24) is 14.7 Å². The maximum atomic E-state index is 12.8. The van der Waals surface area contributed by atoms with E-state index in [0.29, 0.717) is 18.9 Å². The fourth-order valence-corrected chi connectivity index (χ4v) is 4.05. The molecule has 0 aliphatic carbocycles. The predicted octanol–water partition coefficient (Wildman–Crippen LogP) is 0.709. The molecule has 3 aliphatic heterocycles. The summed E-state index contributed by atoms with van der Waals surface area (Å²) in [5.74, 6) is 0.0658. The number of carbonyl (C=O) groups is 2. The number of amides is 2. The highest BCUT2D eigenvalue weighted by molar-refractivity contribution is 5.85. The maximum Gasteiger partial charge on any atom is 0.252 e. The molecule has 2 amide bonds. The van der Waals surface area contributed by atoms with Crippen molar-refractivity contribution in [2.45, 2.75) is 56.8 Å². The third kappa shape index (κ3) is 3.69. The molecule has 23 heavy (non-hydrogen) atoms. The Balaban J connectivity index is 1.55. The molecular formula is C17H29N3O3. The van der Waals surface area contributed by atoms with Gasteiger partial charge in [0.1, 0.15) is 12.2 Å². The van der Waals surface area contributed by atoms with Crippen LogP contribution in [0.1, 0.15) is 38.5 Å². The lowest BCUT2D eigenvalue weighted by molar-refractivity contribution is -0.150. The highest BCUT2D eigenvalue weighted by Gasteiger charge is 2.40. The zero-order chi connectivity index (χ0) is 16.4. The van der Waals surface area contributed by atoms with Gasteiger partial charge in [0.2, 0.25) is 0 Å². The molecule has 0 N–H and O–H groups in total. The van der Waals surface area contributed by atoms with Gasteiger partial charge < -0.3 is 19.4 Å². The number of hydrogen-bond donors (Lipinski definition) is 0. The number of carbonyl (C=O) groups excluding carboxylic acids is 2. The number of rotatable bonds is 4. The average molecular weight is 323 g/mol. The van der Waals surface area contributed by atoms with Gasteiger partial charge in [0.05, 0.1) is 0 Å². The molecule has 3 atom stereocenters. The Bertz CT molecular complexity index is 448. The molecule has 3 heterocycles. The summed E-state index contributed by atoms with van der Waals surface area (Å²) >= 11 is 0. The van der Waals surface area contributed by atoms with E-state index in [-0.39, 0.29) is 11.8 Å². The Labute approximate surface area is 138 Å². The minimum atomic E-state index is -0.446. The quantitative estimate of drug-likeness (QED) is 0.765. The topological polar surface area (TPSA) is 53.1 Å². The smallest absolute Gasteiger partial charge is 0.252 e. The van der Waals surface area contributed by atoms with Gasteiger partial charge in [-0.2, -0.15) is 0 Å². The SMILES string of the molecule is CN(C)C(=O)[C@H]1CC[C@@H](C(=O)N2CCCC2CN2CCCC2)O1. The van der Waals surface area contributed by atoms with Crippen molar-refractivity contribution in [1.29, 1.82) is 0 Å². The van der Waals surface area contributed by atoms with E-state index in [1.165, 1.54) is 12.8 Å². The largest absolute Gasteiger partial charge is 0.355 e. The number of hydrogen-bond acceptors (Lipinski definition) is 4. The first kappa shape index (κ1) is 16.7. The van der Waals surface area contributed by atoms with Crippen molar-refractivity contribution < 1.29 is 14.3 Å². The molecule has 3 aliphatic rings. The summed E-state index contributed by atoms with van der Waals surface area (Å²) < 4.78 is 5.78. The monoisotopic (exact) mass is 323 g/mol. The first-order valence-corrected chi connectivity index (χ1v) is 8.95.